The third-order valence-electron chi connectivity index (χ3n) is 4.85. The summed E-state index contributed by atoms with van der Waals surface area (Å²) in [6.07, 6.45) is 4.36. The van der Waals surface area contributed by atoms with Crippen molar-refractivity contribution < 1.29 is 9.18 Å². The van der Waals surface area contributed by atoms with Gasteiger partial charge in [-0.05, 0) is 55.5 Å². The van der Waals surface area contributed by atoms with E-state index in [1.54, 1.807) is 12.1 Å². The lowest BCUT2D eigenvalue weighted by Crippen LogP contribution is -2.24. The first kappa shape index (κ1) is 18.7. The first-order valence-corrected chi connectivity index (χ1v) is 10.5. The molecule has 0 fully saturated rings. The molecule has 0 saturated carbocycles. The number of fused-ring (bicyclic) bond motifs is 1. The minimum Gasteiger partial charge on any atom is -0.351 e. The number of amides is 1. The highest BCUT2D eigenvalue weighted by molar-refractivity contribution is 7.99. The Morgan fingerprint density at radius 1 is 1.07 bits per heavy atom. The van der Waals surface area contributed by atoms with Gasteiger partial charge in [-0.15, -0.1) is 0 Å². The van der Waals surface area contributed by atoms with Crippen molar-refractivity contribution in [3.63, 3.8) is 0 Å². The summed E-state index contributed by atoms with van der Waals surface area (Å²) < 4.78 is 15.2. The number of nitrogens with zero attached hydrogens (tertiary/aromatic N) is 2. The smallest absolute Gasteiger partial charge is 0.230 e. The van der Waals surface area contributed by atoms with Gasteiger partial charge in [-0.25, -0.2) is 9.37 Å². The summed E-state index contributed by atoms with van der Waals surface area (Å²) in [4.78, 5) is 17.1. The number of aryl methyl sites for hydroxylation is 1. The lowest BCUT2D eigenvalue weighted by Gasteiger charge is -2.15. The molecular formula is C22H22FN3OS. The van der Waals surface area contributed by atoms with Crippen LogP contribution in [0.1, 0.15) is 29.8 Å². The van der Waals surface area contributed by atoms with Gasteiger partial charge in [-0.2, -0.15) is 0 Å². The predicted molar refractivity (Wildman–Crippen MR) is 109 cm³/mol. The van der Waals surface area contributed by atoms with Crippen molar-refractivity contribution in [1.82, 2.24) is 14.9 Å². The van der Waals surface area contributed by atoms with E-state index in [1.807, 2.05) is 18.2 Å². The number of para-hydroxylation sites is 1. The zero-order chi connectivity index (χ0) is 19.3. The second kappa shape index (κ2) is 8.61. The van der Waals surface area contributed by atoms with Crippen LogP contribution in [0.2, 0.25) is 0 Å². The zero-order valence-electron chi connectivity index (χ0n) is 15.5. The molecule has 1 aliphatic carbocycles. The Balaban J connectivity index is 1.45. The predicted octanol–water partition coefficient (Wildman–Crippen LogP) is 4.30. The Kier molecular flexibility index (Phi) is 5.76. The van der Waals surface area contributed by atoms with Crippen LogP contribution in [-0.2, 0) is 24.2 Å². The van der Waals surface area contributed by atoms with E-state index in [-0.39, 0.29) is 11.7 Å². The molecule has 0 radical (unpaired) electrons. The molecule has 0 aliphatic heterocycles. The fraction of sp³-hybridized carbons (Fsp3) is 0.273. The molecule has 1 N–H and O–H groups in total. The summed E-state index contributed by atoms with van der Waals surface area (Å²) in [5.74, 6) is -0.0403. The highest BCUT2D eigenvalue weighted by Crippen LogP contribution is 2.30. The Hall–Kier alpha value is -2.60. The van der Waals surface area contributed by atoms with Crippen LogP contribution < -0.4 is 5.32 Å². The van der Waals surface area contributed by atoms with Crippen LogP contribution in [0.4, 0.5) is 4.39 Å². The van der Waals surface area contributed by atoms with E-state index >= 15 is 0 Å². The van der Waals surface area contributed by atoms with Crippen LogP contribution >= 0.6 is 11.8 Å². The Labute approximate surface area is 168 Å². The first-order valence-electron chi connectivity index (χ1n) is 9.50. The molecule has 1 aliphatic rings. The average molecular weight is 396 g/mol. The van der Waals surface area contributed by atoms with E-state index in [0.29, 0.717) is 12.3 Å². The van der Waals surface area contributed by atoms with Gasteiger partial charge in [0.1, 0.15) is 5.82 Å². The van der Waals surface area contributed by atoms with Crippen molar-refractivity contribution >= 4 is 17.7 Å². The Morgan fingerprint density at radius 2 is 1.82 bits per heavy atom. The van der Waals surface area contributed by atoms with Gasteiger partial charge >= 0.3 is 0 Å². The van der Waals surface area contributed by atoms with Crippen LogP contribution in [0, 0.1) is 5.82 Å². The van der Waals surface area contributed by atoms with Gasteiger partial charge in [0, 0.05) is 17.9 Å². The van der Waals surface area contributed by atoms with Crippen LogP contribution in [0.3, 0.4) is 0 Å². The summed E-state index contributed by atoms with van der Waals surface area (Å²) in [6.45, 7) is 0.392. The van der Waals surface area contributed by atoms with Gasteiger partial charge < -0.3 is 5.32 Å². The van der Waals surface area contributed by atoms with Gasteiger partial charge in [0.05, 0.1) is 11.4 Å². The minimum absolute atomic E-state index is 0.0603. The van der Waals surface area contributed by atoms with Gasteiger partial charge in [0.15, 0.2) is 5.16 Å². The molecule has 0 atom stereocenters. The van der Waals surface area contributed by atoms with Crippen molar-refractivity contribution in [3.8, 4) is 5.69 Å². The number of hydrogen-bond acceptors (Lipinski definition) is 3. The molecule has 28 heavy (non-hydrogen) atoms. The SMILES string of the molecule is O=C(CSc1nc2c(n1-c1ccccc1)CCCC2)NCc1ccc(F)cc1. The van der Waals surface area contributed by atoms with Gasteiger partial charge in [0.25, 0.3) is 0 Å². The van der Waals surface area contributed by atoms with E-state index in [9.17, 15) is 9.18 Å². The molecule has 144 valence electrons. The highest BCUT2D eigenvalue weighted by atomic mass is 32.2. The number of aromatic nitrogens is 2. The van der Waals surface area contributed by atoms with Gasteiger partial charge in [0.2, 0.25) is 5.91 Å². The molecule has 2 aromatic carbocycles. The first-order chi connectivity index (χ1) is 13.7. The van der Waals surface area contributed by atoms with E-state index in [1.165, 1.54) is 42.4 Å². The van der Waals surface area contributed by atoms with Crippen molar-refractivity contribution in [2.45, 2.75) is 37.4 Å². The van der Waals surface area contributed by atoms with E-state index < -0.39 is 0 Å². The molecule has 6 heteroatoms. The van der Waals surface area contributed by atoms with Crippen LogP contribution in [-0.4, -0.2) is 21.2 Å². The number of benzene rings is 2. The number of hydrogen-bond donors (Lipinski definition) is 1. The molecule has 4 rings (SSSR count). The molecule has 0 bridgehead atoms. The van der Waals surface area contributed by atoms with E-state index in [4.69, 9.17) is 4.98 Å². The molecule has 0 unspecified atom stereocenters. The van der Waals surface area contributed by atoms with Crippen LogP contribution in [0.25, 0.3) is 5.69 Å². The fourth-order valence-electron chi connectivity index (χ4n) is 3.44. The fourth-order valence-corrected chi connectivity index (χ4v) is 4.32. The topological polar surface area (TPSA) is 46.9 Å². The summed E-state index contributed by atoms with van der Waals surface area (Å²) in [5.41, 5.74) is 4.39. The maximum atomic E-state index is 13.0. The molecule has 1 amide bonds. The lowest BCUT2D eigenvalue weighted by molar-refractivity contribution is -0.118. The molecular weight excluding hydrogens is 373 g/mol. The zero-order valence-corrected chi connectivity index (χ0v) is 16.3. The normalized spacial score (nSPS) is 13.2. The molecule has 3 aromatic rings. The number of carbonyl (C=O) groups is 1. The third kappa shape index (κ3) is 4.28. The quantitative estimate of drug-likeness (QED) is 0.633. The number of thioether (sulfide) groups is 1. The van der Waals surface area contributed by atoms with Crippen molar-refractivity contribution in [2.24, 2.45) is 0 Å². The maximum Gasteiger partial charge on any atom is 0.230 e. The maximum absolute atomic E-state index is 13.0. The summed E-state index contributed by atoms with van der Waals surface area (Å²) in [5, 5.41) is 3.76. The minimum atomic E-state index is -0.276. The summed E-state index contributed by atoms with van der Waals surface area (Å²) in [6, 6.07) is 16.4. The van der Waals surface area contributed by atoms with Crippen molar-refractivity contribution in [2.75, 3.05) is 5.75 Å². The molecule has 1 aromatic heterocycles. The monoisotopic (exact) mass is 395 g/mol. The molecule has 4 nitrogen and oxygen atoms in total. The Bertz CT molecular complexity index is 954. The molecule has 0 spiro atoms. The van der Waals surface area contributed by atoms with Crippen molar-refractivity contribution in [1.29, 1.82) is 0 Å². The molecule has 1 heterocycles. The van der Waals surface area contributed by atoms with Crippen LogP contribution in [0.5, 0.6) is 0 Å². The number of nitrogens with one attached hydrogen (secondary N) is 1. The van der Waals surface area contributed by atoms with Gasteiger partial charge in [-0.3, -0.25) is 9.36 Å². The van der Waals surface area contributed by atoms with E-state index in [2.05, 4.69) is 22.0 Å². The van der Waals surface area contributed by atoms with Gasteiger partial charge in [-0.1, -0.05) is 42.1 Å². The summed E-state index contributed by atoms with van der Waals surface area (Å²) in [7, 11) is 0. The number of halogens is 1. The lowest BCUT2D eigenvalue weighted by atomic mass is 10.0. The van der Waals surface area contributed by atoms with Crippen molar-refractivity contribution in [3.05, 3.63) is 77.4 Å². The number of imidazole rings is 1. The average Bonchev–Trinajstić information content (AvgIpc) is 3.11. The standard InChI is InChI=1S/C22H22FN3OS/c23-17-12-10-16(11-13-17)14-24-21(27)15-28-22-25-19-8-4-5-9-20(19)26(22)18-6-2-1-3-7-18/h1-3,6-7,10-13H,4-5,8-9,14-15H2,(H,24,27). The number of carbonyl (C=O) groups excluding carboxylic acids is 1. The van der Waals surface area contributed by atoms with E-state index in [0.717, 1.165) is 34.9 Å². The molecule has 0 saturated heterocycles. The second-order valence-corrected chi connectivity index (χ2v) is 7.80. The Morgan fingerprint density at radius 3 is 2.61 bits per heavy atom. The highest BCUT2D eigenvalue weighted by Gasteiger charge is 2.21. The second-order valence-electron chi connectivity index (χ2n) is 6.86. The summed E-state index contributed by atoms with van der Waals surface area (Å²) >= 11 is 1.46. The number of rotatable bonds is 6. The largest absolute Gasteiger partial charge is 0.351 e. The third-order valence-corrected chi connectivity index (χ3v) is 5.79. The van der Waals surface area contributed by atoms with Crippen LogP contribution in [0.15, 0.2) is 59.8 Å².